The lowest BCUT2D eigenvalue weighted by Crippen LogP contribution is -2.16. The quantitative estimate of drug-likeness (QED) is 0.665. The molecule has 0 aromatic rings. The molecule has 1 heteroatoms. The van der Waals surface area contributed by atoms with Gasteiger partial charge in [-0.05, 0) is 30.6 Å². The van der Waals surface area contributed by atoms with Gasteiger partial charge in [-0.15, -0.1) is 0 Å². The maximum absolute atomic E-state index is 9.93. The highest BCUT2D eigenvalue weighted by Gasteiger charge is 2.53. The minimum atomic E-state index is -0.289. The average molecular weight is 156 g/mol. The van der Waals surface area contributed by atoms with E-state index in [-0.39, 0.29) is 5.60 Å². The largest absolute Gasteiger partial charge is 0.390 e. The summed E-state index contributed by atoms with van der Waals surface area (Å²) in [6, 6.07) is 0. The summed E-state index contributed by atoms with van der Waals surface area (Å²) in [6.45, 7) is 8.74. The molecule has 2 atom stereocenters. The van der Waals surface area contributed by atoms with Crippen LogP contribution in [0.1, 0.15) is 40.5 Å². The Morgan fingerprint density at radius 3 is 2.18 bits per heavy atom. The van der Waals surface area contributed by atoms with E-state index in [1.54, 1.807) is 0 Å². The average Bonchev–Trinajstić information content (AvgIpc) is 2.39. The maximum Gasteiger partial charge on any atom is 0.0685 e. The second kappa shape index (κ2) is 2.78. The van der Waals surface area contributed by atoms with Crippen molar-refractivity contribution in [2.75, 3.05) is 0 Å². The van der Waals surface area contributed by atoms with Crippen LogP contribution in [-0.4, -0.2) is 10.7 Å². The van der Waals surface area contributed by atoms with Crippen LogP contribution in [0.2, 0.25) is 0 Å². The number of rotatable bonds is 3. The summed E-state index contributed by atoms with van der Waals surface area (Å²) in [5.74, 6) is 1.85. The highest BCUT2D eigenvalue weighted by atomic mass is 16.3. The van der Waals surface area contributed by atoms with Gasteiger partial charge in [-0.2, -0.15) is 0 Å². The minimum Gasteiger partial charge on any atom is -0.390 e. The van der Waals surface area contributed by atoms with E-state index in [1.807, 2.05) is 0 Å². The zero-order valence-electron chi connectivity index (χ0n) is 8.09. The van der Waals surface area contributed by atoms with Gasteiger partial charge in [0.25, 0.3) is 0 Å². The second-order valence-electron chi connectivity index (χ2n) is 4.76. The molecule has 0 heterocycles. The van der Waals surface area contributed by atoms with E-state index >= 15 is 0 Å². The molecule has 0 aromatic carbocycles. The number of hydrogen-bond donors (Lipinski definition) is 1. The molecule has 1 rings (SSSR count). The smallest absolute Gasteiger partial charge is 0.0685 e. The van der Waals surface area contributed by atoms with Crippen molar-refractivity contribution in [2.45, 2.75) is 46.1 Å². The topological polar surface area (TPSA) is 20.2 Å². The number of aliphatic hydroxyl groups is 1. The summed E-state index contributed by atoms with van der Waals surface area (Å²) >= 11 is 0. The van der Waals surface area contributed by atoms with Crippen LogP contribution in [0.4, 0.5) is 0 Å². The Hall–Kier alpha value is -0.0400. The molecular weight excluding hydrogens is 136 g/mol. The van der Waals surface area contributed by atoms with Crippen molar-refractivity contribution in [3.8, 4) is 0 Å². The Morgan fingerprint density at radius 1 is 1.36 bits per heavy atom. The van der Waals surface area contributed by atoms with Crippen molar-refractivity contribution >= 4 is 0 Å². The first kappa shape index (κ1) is 9.05. The van der Waals surface area contributed by atoms with Crippen LogP contribution < -0.4 is 0 Å². The van der Waals surface area contributed by atoms with Gasteiger partial charge in [-0.3, -0.25) is 0 Å². The van der Waals surface area contributed by atoms with Gasteiger partial charge < -0.3 is 5.11 Å². The Morgan fingerprint density at radius 2 is 1.91 bits per heavy atom. The molecule has 1 aliphatic carbocycles. The van der Waals surface area contributed by atoms with E-state index in [2.05, 4.69) is 27.7 Å². The van der Waals surface area contributed by atoms with Gasteiger partial charge in [0.15, 0.2) is 0 Å². The Labute approximate surface area is 69.8 Å². The van der Waals surface area contributed by atoms with E-state index in [4.69, 9.17) is 0 Å². The predicted octanol–water partition coefficient (Wildman–Crippen LogP) is 2.44. The standard InChI is InChI=1S/C10H20O/c1-7(2)5-10(11)6-9(10)8(3)4/h7-9,11H,5-6H2,1-4H3. The van der Waals surface area contributed by atoms with E-state index in [9.17, 15) is 5.11 Å². The van der Waals surface area contributed by atoms with Gasteiger partial charge in [-0.1, -0.05) is 27.7 Å². The van der Waals surface area contributed by atoms with Gasteiger partial charge >= 0.3 is 0 Å². The Bertz CT molecular complexity index is 140. The van der Waals surface area contributed by atoms with Crippen LogP contribution >= 0.6 is 0 Å². The molecule has 2 unspecified atom stereocenters. The molecule has 1 nitrogen and oxygen atoms in total. The lowest BCUT2D eigenvalue weighted by molar-refractivity contribution is 0.0973. The molecule has 1 fully saturated rings. The van der Waals surface area contributed by atoms with Crippen molar-refractivity contribution < 1.29 is 5.11 Å². The van der Waals surface area contributed by atoms with Gasteiger partial charge in [0.2, 0.25) is 0 Å². The molecule has 11 heavy (non-hydrogen) atoms. The van der Waals surface area contributed by atoms with Crippen molar-refractivity contribution in [1.29, 1.82) is 0 Å². The lowest BCUT2D eigenvalue weighted by atomic mass is 9.98. The SMILES string of the molecule is CC(C)CC1(O)CC1C(C)C. The molecule has 0 amide bonds. The summed E-state index contributed by atoms with van der Waals surface area (Å²) in [6.07, 6.45) is 2.01. The normalized spacial score (nSPS) is 36.8. The molecule has 0 saturated heterocycles. The molecule has 66 valence electrons. The maximum atomic E-state index is 9.93. The third-order valence-corrected chi connectivity index (χ3v) is 2.67. The van der Waals surface area contributed by atoms with Gasteiger partial charge in [0.05, 0.1) is 5.60 Å². The third-order valence-electron chi connectivity index (χ3n) is 2.67. The van der Waals surface area contributed by atoms with E-state index < -0.39 is 0 Å². The summed E-state index contributed by atoms with van der Waals surface area (Å²) in [5, 5.41) is 9.93. The lowest BCUT2D eigenvalue weighted by Gasteiger charge is -2.14. The zero-order valence-corrected chi connectivity index (χ0v) is 8.09. The summed E-state index contributed by atoms with van der Waals surface area (Å²) in [7, 11) is 0. The van der Waals surface area contributed by atoms with Crippen molar-refractivity contribution in [3.05, 3.63) is 0 Å². The second-order valence-corrected chi connectivity index (χ2v) is 4.76. The van der Waals surface area contributed by atoms with E-state index in [0.717, 1.165) is 12.8 Å². The Balaban J connectivity index is 2.36. The first-order valence-electron chi connectivity index (χ1n) is 4.68. The van der Waals surface area contributed by atoms with Gasteiger partial charge in [0.1, 0.15) is 0 Å². The molecule has 0 aliphatic heterocycles. The molecule has 1 N–H and O–H groups in total. The van der Waals surface area contributed by atoms with Crippen molar-refractivity contribution in [1.82, 2.24) is 0 Å². The van der Waals surface area contributed by atoms with Crippen LogP contribution in [-0.2, 0) is 0 Å². The van der Waals surface area contributed by atoms with E-state index in [1.165, 1.54) is 0 Å². The highest BCUT2D eigenvalue weighted by Crippen LogP contribution is 2.51. The Kier molecular flexibility index (Phi) is 2.29. The fourth-order valence-corrected chi connectivity index (χ4v) is 2.12. The van der Waals surface area contributed by atoms with Crippen LogP contribution in [0.3, 0.4) is 0 Å². The molecular formula is C10H20O. The molecule has 0 aromatic heterocycles. The summed E-state index contributed by atoms with van der Waals surface area (Å²) < 4.78 is 0. The van der Waals surface area contributed by atoms with E-state index in [0.29, 0.717) is 17.8 Å². The third kappa shape index (κ3) is 1.96. The first-order valence-corrected chi connectivity index (χ1v) is 4.68. The minimum absolute atomic E-state index is 0.289. The van der Waals surface area contributed by atoms with Crippen LogP contribution in [0.25, 0.3) is 0 Å². The fourth-order valence-electron chi connectivity index (χ4n) is 2.12. The molecule has 0 spiro atoms. The van der Waals surface area contributed by atoms with Crippen LogP contribution in [0.5, 0.6) is 0 Å². The summed E-state index contributed by atoms with van der Waals surface area (Å²) in [5.41, 5.74) is -0.289. The summed E-state index contributed by atoms with van der Waals surface area (Å²) in [4.78, 5) is 0. The molecule has 0 radical (unpaired) electrons. The molecule has 0 bridgehead atoms. The highest BCUT2D eigenvalue weighted by molar-refractivity contribution is 5.04. The monoisotopic (exact) mass is 156 g/mol. The predicted molar refractivity (Wildman–Crippen MR) is 47.3 cm³/mol. The zero-order chi connectivity index (χ0) is 8.65. The molecule has 1 aliphatic rings. The molecule has 1 saturated carbocycles. The van der Waals surface area contributed by atoms with Crippen molar-refractivity contribution in [2.24, 2.45) is 17.8 Å². The van der Waals surface area contributed by atoms with Crippen LogP contribution in [0, 0.1) is 17.8 Å². The van der Waals surface area contributed by atoms with Crippen molar-refractivity contribution in [3.63, 3.8) is 0 Å². The first-order chi connectivity index (χ1) is 4.96. The van der Waals surface area contributed by atoms with Crippen LogP contribution in [0.15, 0.2) is 0 Å². The number of hydrogen-bond acceptors (Lipinski definition) is 1. The van der Waals surface area contributed by atoms with Gasteiger partial charge in [-0.25, -0.2) is 0 Å². The fraction of sp³-hybridized carbons (Fsp3) is 1.00. The van der Waals surface area contributed by atoms with Gasteiger partial charge in [0, 0.05) is 0 Å².